The molecule has 0 amide bonds. The molecule has 0 fully saturated rings. The van der Waals surface area contributed by atoms with Crippen molar-refractivity contribution in [2.24, 2.45) is 0 Å². The monoisotopic (exact) mass is 220 g/mol. The number of aromatic nitrogens is 1. The van der Waals surface area contributed by atoms with E-state index in [4.69, 9.17) is 4.42 Å². The molecule has 0 saturated carbocycles. The average molecular weight is 220 g/mol. The number of fused-ring (bicyclic) bond motifs is 3. The molecule has 0 unspecified atom stereocenters. The van der Waals surface area contributed by atoms with Gasteiger partial charge in [-0.25, -0.2) is 4.98 Å². The molecule has 0 spiro atoms. The van der Waals surface area contributed by atoms with Crippen molar-refractivity contribution in [3.05, 3.63) is 28.0 Å². The molecular formula is C11H12N2OS. The molecule has 0 aromatic carbocycles. The average Bonchev–Trinajstić information content (AvgIpc) is 2.80. The minimum Gasteiger partial charge on any atom is -0.469 e. The molecule has 1 aliphatic rings. The molecule has 0 saturated heterocycles. The van der Waals surface area contributed by atoms with Gasteiger partial charge >= 0.3 is 0 Å². The zero-order valence-corrected chi connectivity index (χ0v) is 9.36. The van der Waals surface area contributed by atoms with Crippen LogP contribution in [0.1, 0.15) is 15.6 Å². The Morgan fingerprint density at radius 1 is 1.53 bits per heavy atom. The van der Waals surface area contributed by atoms with E-state index in [0.29, 0.717) is 0 Å². The Labute approximate surface area is 92.1 Å². The van der Waals surface area contributed by atoms with Crippen LogP contribution in [0.4, 0.5) is 0 Å². The van der Waals surface area contributed by atoms with Gasteiger partial charge in [-0.3, -0.25) is 0 Å². The fourth-order valence-corrected chi connectivity index (χ4v) is 3.07. The normalized spacial score (nSPS) is 13.7. The second kappa shape index (κ2) is 3.47. The van der Waals surface area contributed by atoms with Crippen LogP contribution in [0.15, 0.2) is 16.7 Å². The molecule has 2 aromatic heterocycles. The van der Waals surface area contributed by atoms with Crippen molar-refractivity contribution in [1.82, 2.24) is 10.3 Å². The molecule has 4 heteroatoms. The van der Waals surface area contributed by atoms with E-state index in [2.05, 4.69) is 10.3 Å². The van der Waals surface area contributed by atoms with Crippen molar-refractivity contribution < 1.29 is 4.42 Å². The summed E-state index contributed by atoms with van der Waals surface area (Å²) in [5.41, 5.74) is 2.33. The molecule has 0 atom stereocenters. The van der Waals surface area contributed by atoms with E-state index in [-0.39, 0.29) is 0 Å². The molecule has 3 rings (SSSR count). The van der Waals surface area contributed by atoms with E-state index in [1.165, 1.54) is 10.4 Å². The first-order valence-electron chi connectivity index (χ1n) is 5.08. The number of nitrogens with zero attached hydrogens (tertiary/aromatic N) is 1. The molecule has 3 nitrogen and oxygen atoms in total. The van der Waals surface area contributed by atoms with Gasteiger partial charge in [0.15, 0.2) is 0 Å². The third-order valence-corrected chi connectivity index (χ3v) is 3.76. The summed E-state index contributed by atoms with van der Waals surface area (Å²) in [6.45, 7) is 0.852. The summed E-state index contributed by atoms with van der Waals surface area (Å²) < 4.78 is 5.43. The van der Waals surface area contributed by atoms with Gasteiger partial charge < -0.3 is 9.73 Å². The minimum atomic E-state index is 0.852. The Hall–Kier alpha value is -1.13. The highest BCUT2D eigenvalue weighted by Crippen LogP contribution is 2.36. The van der Waals surface area contributed by atoms with Crippen molar-refractivity contribution >= 4 is 11.3 Å². The van der Waals surface area contributed by atoms with Crippen LogP contribution in [0.2, 0.25) is 0 Å². The van der Waals surface area contributed by atoms with Crippen molar-refractivity contribution in [1.29, 1.82) is 0 Å². The number of nitrogens with one attached hydrogen (secondary N) is 1. The van der Waals surface area contributed by atoms with Crippen LogP contribution in [0, 0.1) is 0 Å². The Morgan fingerprint density at radius 2 is 2.47 bits per heavy atom. The highest BCUT2D eigenvalue weighted by Gasteiger charge is 2.22. The van der Waals surface area contributed by atoms with E-state index in [9.17, 15) is 0 Å². The van der Waals surface area contributed by atoms with E-state index in [0.717, 1.165) is 35.8 Å². The Balaban J connectivity index is 2.08. The number of furan rings is 1. The van der Waals surface area contributed by atoms with E-state index < -0.39 is 0 Å². The third kappa shape index (κ3) is 1.41. The van der Waals surface area contributed by atoms with Crippen LogP contribution >= 0.6 is 11.3 Å². The predicted octanol–water partition coefficient (Wildman–Crippen LogP) is 2.22. The van der Waals surface area contributed by atoms with Gasteiger partial charge in [0.05, 0.1) is 12.0 Å². The molecule has 0 bridgehead atoms. The number of aryl methyl sites for hydroxylation is 2. The fraction of sp³-hybridized carbons (Fsp3) is 0.364. The number of hydrogen-bond acceptors (Lipinski definition) is 4. The standard InChI is InChI=1S/C11H12N2OS/c1-12-6-10-13-11-7-4-5-14-8(7)2-3-9(11)15-10/h4-5,12H,2-3,6H2,1H3. The first kappa shape index (κ1) is 9.12. The highest BCUT2D eigenvalue weighted by atomic mass is 32.1. The first-order chi connectivity index (χ1) is 7.38. The molecule has 0 aliphatic heterocycles. The van der Waals surface area contributed by atoms with E-state index >= 15 is 0 Å². The zero-order valence-electron chi connectivity index (χ0n) is 8.54. The maximum atomic E-state index is 5.43. The molecule has 78 valence electrons. The maximum Gasteiger partial charge on any atom is 0.113 e. The van der Waals surface area contributed by atoms with Crippen LogP contribution in [0.5, 0.6) is 0 Å². The second-order valence-corrected chi connectivity index (χ2v) is 4.84. The van der Waals surface area contributed by atoms with Crippen LogP contribution in [0.3, 0.4) is 0 Å². The zero-order chi connectivity index (χ0) is 10.3. The Kier molecular flexibility index (Phi) is 2.11. The third-order valence-electron chi connectivity index (χ3n) is 2.65. The Morgan fingerprint density at radius 3 is 3.33 bits per heavy atom. The van der Waals surface area contributed by atoms with Gasteiger partial charge in [-0.2, -0.15) is 0 Å². The lowest BCUT2D eigenvalue weighted by atomic mass is 10.0. The summed E-state index contributed by atoms with van der Waals surface area (Å²) >= 11 is 1.81. The van der Waals surface area contributed by atoms with Crippen molar-refractivity contribution in [2.75, 3.05) is 7.05 Å². The summed E-state index contributed by atoms with van der Waals surface area (Å²) in [4.78, 5) is 6.05. The lowest BCUT2D eigenvalue weighted by Crippen LogP contribution is -2.04. The van der Waals surface area contributed by atoms with Gasteiger partial charge in [0.2, 0.25) is 0 Å². The van der Waals surface area contributed by atoms with Gasteiger partial charge in [-0.15, -0.1) is 11.3 Å². The van der Waals surface area contributed by atoms with Gasteiger partial charge in [-0.05, 0) is 19.5 Å². The van der Waals surface area contributed by atoms with Crippen LogP contribution in [-0.4, -0.2) is 12.0 Å². The van der Waals surface area contributed by atoms with Crippen LogP contribution < -0.4 is 5.32 Å². The molecule has 15 heavy (non-hydrogen) atoms. The Bertz CT molecular complexity index is 486. The smallest absolute Gasteiger partial charge is 0.113 e. The summed E-state index contributed by atoms with van der Waals surface area (Å²) in [5, 5.41) is 4.30. The predicted molar refractivity (Wildman–Crippen MR) is 60.0 cm³/mol. The minimum absolute atomic E-state index is 0.852. The van der Waals surface area contributed by atoms with Crippen LogP contribution in [-0.2, 0) is 19.4 Å². The number of thiazole rings is 1. The largest absolute Gasteiger partial charge is 0.469 e. The number of rotatable bonds is 2. The van der Waals surface area contributed by atoms with Gasteiger partial charge in [0.25, 0.3) is 0 Å². The lowest BCUT2D eigenvalue weighted by Gasteiger charge is -2.07. The quantitative estimate of drug-likeness (QED) is 0.843. The molecule has 1 aliphatic carbocycles. The summed E-state index contributed by atoms with van der Waals surface area (Å²) in [7, 11) is 1.95. The van der Waals surface area contributed by atoms with Gasteiger partial charge in [0.1, 0.15) is 10.8 Å². The second-order valence-electron chi connectivity index (χ2n) is 3.67. The van der Waals surface area contributed by atoms with Crippen molar-refractivity contribution in [3.8, 4) is 11.3 Å². The lowest BCUT2D eigenvalue weighted by molar-refractivity contribution is 0.508. The van der Waals surface area contributed by atoms with Gasteiger partial charge in [0, 0.05) is 23.4 Å². The summed E-state index contributed by atoms with van der Waals surface area (Å²) in [6.07, 6.45) is 3.84. The van der Waals surface area contributed by atoms with E-state index in [1.807, 2.05) is 24.5 Å². The topological polar surface area (TPSA) is 38.1 Å². The molecule has 2 aromatic rings. The fourth-order valence-electron chi connectivity index (χ4n) is 1.98. The molecule has 1 N–H and O–H groups in total. The van der Waals surface area contributed by atoms with Crippen molar-refractivity contribution in [2.45, 2.75) is 19.4 Å². The SMILES string of the molecule is CNCc1nc2c(s1)CCc1occc1-2. The molecular weight excluding hydrogens is 208 g/mol. The van der Waals surface area contributed by atoms with E-state index in [1.54, 1.807) is 6.26 Å². The summed E-state index contributed by atoms with van der Waals surface area (Å²) in [5.74, 6) is 1.09. The molecule has 2 heterocycles. The van der Waals surface area contributed by atoms with Crippen LogP contribution in [0.25, 0.3) is 11.3 Å². The number of hydrogen-bond donors (Lipinski definition) is 1. The summed E-state index contributed by atoms with van der Waals surface area (Å²) in [6, 6.07) is 2.02. The highest BCUT2D eigenvalue weighted by molar-refractivity contribution is 7.12. The van der Waals surface area contributed by atoms with Crippen molar-refractivity contribution in [3.63, 3.8) is 0 Å². The molecule has 0 radical (unpaired) electrons. The van der Waals surface area contributed by atoms with Gasteiger partial charge in [-0.1, -0.05) is 0 Å². The first-order valence-corrected chi connectivity index (χ1v) is 5.90. The maximum absolute atomic E-state index is 5.43.